The first-order valence-electron chi connectivity index (χ1n) is 11.3. The van der Waals surface area contributed by atoms with E-state index >= 15 is 0 Å². The zero-order valence-corrected chi connectivity index (χ0v) is 21.1. The van der Waals surface area contributed by atoms with Crippen molar-refractivity contribution in [3.05, 3.63) is 93.5 Å². The standard InChI is InChI=1S/C27H26Cl2N4O/c1-16(2)33-24(22-13-30-15-31-27(22)34-4)11-19-14-32(23-12-21(29)8-5-17(23)3)25(26(19)33)18-6-9-20(28)10-7-18/h5-13,15-16,25H,14H2,1-4H3. The van der Waals surface area contributed by atoms with E-state index in [-0.39, 0.29) is 12.1 Å². The Morgan fingerprint density at radius 2 is 1.76 bits per heavy atom. The van der Waals surface area contributed by atoms with Crippen LogP contribution < -0.4 is 9.64 Å². The van der Waals surface area contributed by atoms with Gasteiger partial charge in [0.1, 0.15) is 6.33 Å². The number of nitrogens with zero attached hydrogens (tertiary/aromatic N) is 4. The number of fused-ring (bicyclic) bond motifs is 1. The van der Waals surface area contributed by atoms with Crippen molar-refractivity contribution in [2.75, 3.05) is 12.0 Å². The van der Waals surface area contributed by atoms with E-state index in [2.05, 4.69) is 70.5 Å². The van der Waals surface area contributed by atoms with Gasteiger partial charge in [-0.25, -0.2) is 9.97 Å². The van der Waals surface area contributed by atoms with E-state index in [9.17, 15) is 0 Å². The van der Waals surface area contributed by atoms with E-state index in [1.54, 1.807) is 7.11 Å². The summed E-state index contributed by atoms with van der Waals surface area (Å²) in [5.41, 5.74) is 7.92. The maximum Gasteiger partial charge on any atom is 0.225 e. The monoisotopic (exact) mass is 492 g/mol. The highest BCUT2D eigenvalue weighted by atomic mass is 35.5. The lowest BCUT2D eigenvalue weighted by atomic mass is 10.0. The molecule has 5 rings (SSSR count). The Hall–Kier alpha value is -3.02. The Kier molecular flexibility index (Phi) is 6.00. The third kappa shape index (κ3) is 3.83. The fourth-order valence-electron chi connectivity index (χ4n) is 4.97. The van der Waals surface area contributed by atoms with E-state index in [0.29, 0.717) is 5.88 Å². The molecular formula is C27H26Cl2N4O. The van der Waals surface area contributed by atoms with Crippen molar-refractivity contribution < 1.29 is 4.74 Å². The molecule has 5 nitrogen and oxygen atoms in total. The molecule has 0 spiro atoms. The Bertz CT molecular complexity index is 1350. The van der Waals surface area contributed by atoms with Gasteiger partial charge in [0.15, 0.2) is 0 Å². The summed E-state index contributed by atoms with van der Waals surface area (Å²) < 4.78 is 7.96. The van der Waals surface area contributed by atoms with Crippen LogP contribution in [-0.2, 0) is 6.54 Å². The lowest BCUT2D eigenvalue weighted by Crippen LogP contribution is -2.25. The summed E-state index contributed by atoms with van der Waals surface area (Å²) in [4.78, 5) is 11.0. The summed E-state index contributed by atoms with van der Waals surface area (Å²) in [5, 5.41) is 1.45. The SMILES string of the molecule is COc1ncncc1-c1cc2c(n1C(C)C)C(c1ccc(Cl)cc1)N(c1cc(Cl)ccc1C)C2. The van der Waals surface area contributed by atoms with Gasteiger partial charge in [0, 0.05) is 34.5 Å². The molecule has 0 saturated carbocycles. The highest BCUT2D eigenvalue weighted by Gasteiger charge is 2.38. The zero-order valence-electron chi connectivity index (χ0n) is 19.6. The minimum absolute atomic E-state index is 0.00351. The summed E-state index contributed by atoms with van der Waals surface area (Å²) in [6, 6.07) is 16.7. The van der Waals surface area contributed by atoms with Gasteiger partial charge in [-0.2, -0.15) is 0 Å². The lowest BCUT2D eigenvalue weighted by molar-refractivity contribution is 0.398. The Balaban J connectivity index is 1.75. The first-order chi connectivity index (χ1) is 16.4. The van der Waals surface area contributed by atoms with E-state index in [4.69, 9.17) is 27.9 Å². The van der Waals surface area contributed by atoms with Crippen LogP contribution in [0.1, 0.15) is 48.3 Å². The van der Waals surface area contributed by atoms with Crippen LogP contribution in [0.3, 0.4) is 0 Å². The molecule has 3 heterocycles. The Morgan fingerprint density at radius 1 is 1.03 bits per heavy atom. The van der Waals surface area contributed by atoms with Gasteiger partial charge in [0.05, 0.1) is 30.1 Å². The molecule has 1 unspecified atom stereocenters. The minimum atomic E-state index is -0.00351. The molecule has 2 aromatic carbocycles. The van der Waals surface area contributed by atoms with Crippen LogP contribution in [0.25, 0.3) is 11.3 Å². The average molecular weight is 493 g/mol. The number of ether oxygens (including phenoxy) is 1. The highest BCUT2D eigenvalue weighted by Crippen LogP contribution is 2.47. The molecule has 2 aromatic heterocycles. The summed E-state index contributed by atoms with van der Waals surface area (Å²) in [7, 11) is 1.64. The van der Waals surface area contributed by atoms with Crippen LogP contribution in [0.2, 0.25) is 10.0 Å². The van der Waals surface area contributed by atoms with Gasteiger partial charge in [0.25, 0.3) is 0 Å². The number of hydrogen-bond acceptors (Lipinski definition) is 4. The second-order valence-electron chi connectivity index (χ2n) is 8.86. The van der Waals surface area contributed by atoms with Crippen LogP contribution in [0.5, 0.6) is 5.88 Å². The summed E-state index contributed by atoms with van der Waals surface area (Å²) in [6.45, 7) is 7.28. The molecule has 4 aromatic rings. The van der Waals surface area contributed by atoms with Crippen LogP contribution in [0, 0.1) is 6.92 Å². The van der Waals surface area contributed by atoms with Crippen LogP contribution in [-0.4, -0.2) is 21.6 Å². The molecule has 1 aliphatic rings. The smallest absolute Gasteiger partial charge is 0.225 e. The fraction of sp³-hybridized carbons (Fsp3) is 0.259. The summed E-state index contributed by atoms with van der Waals surface area (Å²) in [6.07, 6.45) is 3.34. The number of benzene rings is 2. The van der Waals surface area contributed by atoms with Crippen LogP contribution in [0.15, 0.2) is 61.1 Å². The topological polar surface area (TPSA) is 43.2 Å². The second kappa shape index (κ2) is 8.97. The van der Waals surface area contributed by atoms with E-state index in [1.807, 2.05) is 24.4 Å². The largest absolute Gasteiger partial charge is 0.480 e. The quantitative estimate of drug-likeness (QED) is 0.294. The number of aryl methyl sites for hydroxylation is 1. The first kappa shape index (κ1) is 22.8. The summed E-state index contributed by atoms with van der Waals surface area (Å²) >= 11 is 12.7. The second-order valence-corrected chi connectivity index (χ2v) is 9.74. The van der Waals surface area contributed by atoms with Crippen molar-refractivity contribution in [1.82, 2.24) is 14.5 Å². The predicted octanol–water partition coefficient (Wildman–Crippen LogP) is 7.26. The van der Waals surface area contributed by atoms with Crippen molar-refractivity contribution in [2.45, 2.75) is 39.4 Å². The Morgan fingerprint density at radius 3 is 2.47 bits per heavy atom. The molecule has 0 bridgehead atoms. The number of aromatic nitrogens is 3. The average Bonchev–Trinajstić information content (AvgIpc) is 3.37. The van der Waals surface area contributed by atoms with Gasteiger partial charge in [-0.1, -0.05) is 41.4 Å². The molecule has 1 atom stereocenters. The third-order valence-electron chi connectivity index (χ3n) is 6.40. The number of rotatable bonds is 5. The zero-order chi connectivity index (χ0) is 24.0. The van der Waals surface area contributed by atoms with Gasteiger partial charge in [-0.15, -0.1) is 0 Å². The van der Waals surface area contributed by atoms with Crippen LogP contribution >= 0.6 is 23.2 Å². The molecule has 174 valence electrons. The molecule has 0 aliphatic carbocycles. The van der Waals surface area contributed by atoms with Gasteiger partial charge >= 0.3 is 0 Å². The molecule has 0 fully saturated rings. The number of halogens is 2. The molecule has 0 radical (unpaired) electrons. The molecule has 0 amide bonds. The van der Waals surface area contributed by atoms with Crippen molar-refractivity contribution in [3.63, 3.8) is 0 Å². The van der Waals surface area contributed by atoms with Crippen molar-refractivity contribution in [1.29, 1.82) is 0 Å². The van der Waals surface area contributed by atoms with Crippen molar-refractivity contribution in [3.8, 4) is 17.1 Å². The van der Waals surface area contributed by atoms with E-state index in [1.165, 1.54) is 28.7 Å². The predicted molar refractivity (Wildman–Crippen MR) is 138 cm³/mol. The van der Waals surface area contributed by atoms with Crippen LogP contribution in [0.4, 0.5) is 5.69 Å². The van der Waals surface area contributed by atoms with Gasteiger partial charge < -0.3 is 14.2 Å². The molecule has 34 heavy (non-hydrogen) atoms. The third-order valence-corrected chi connectivity index (χ3v) is 6.89. The fourth-order valence-corrected chi connectivity index (χ4v) is 5.26. The molecule has 0 N–H and O–H groups in total. The van der Waals surface area contributed by atoms with Crippen molar-refractivity contribution >= 4 is 28.9 Å². The van der Waals surface area contributed by atoms with E-state index in [0.717, 1.165) is 33.5 Å². The Labute approximate surface area is 209 Å². The van der Waals surface area contributed by atoms with Gasteiger partial charge in [-0.05, 0) is 67.8 Å². The molecule has 0 saturated heterocycles. The molecular weight excluding hydrogens is 467 g/mol. The number of hydrogen-bond donors (Lipinski definition) is 0. The maximum atomic E-state index is 6.44. The molecule has 1 aliphatic heterocycles. The van der Waals surface area contributed by atoms with Gasteiger partial charge in [-0.3, -0.25) is 0 Å². The number of anilines is 1. The van der Waals surface area contributed by atoms with Gasteiger partial charge in [0.2, 0.25) is 5.88 Å². The van der Waals surface area contributed by atoms with E-state index < -0.39 is 0 Å². The lowest BCUT2D eigenvalue weighted by Gasteiger charge is -2.31. The normalized spacial score (nSPS) is 15.1. The van der Waals surface area contributed by atoms with Crippen molar-refractivity contribution in [2.24, 2.45) is 0 Å². The molecule has 7 heteroatoms. The maximum absolute atomic E-state index is 6.44. The minimum Gasteiger partial charge on any atom is -0.480 e. The first-order valence-corrected chi connectivity index (χ1v) is 12.0. The highest BCUT2D eigenvalue weighted by molar-refractivity contribution is 6.31. The number of methoxy groups -OCH3 is 1. The summed E-state index contributed by atoms with van der Waals surface area (Å²) in [5.74, 6) is 0.568.